The average Bonchev–Trinajstić information content (AvgIpc) is 2.92. The van der Waals surface area contributed by atoms with E-state index in [4.69, 9.17) is 4.74 Å². The van der Waals surface area contributed by atoms with E-state index >= 15 is 0 Å². The van der Waals surface area contributed by atoms with Crippen molar-refractivity contribution in [3.8, 4) is 0 Å². The quantitative estimate of drug-likeness (QED) is 0.766. The molecule has 1 aromatic rings. The third kappa shape index (κ3) is 4.94. The molecule has 1 fully saturated rings. The van der Waals surface area contributed by atoms with Gasteiger partial charge in [-0.1, -0.05) is 30.3 Å². The minimum atomic E-state index is -0.157. The second kappa shape index (κ2) is 8.02. The smallest absolute Gasteiger partial charge is 0.319 e. The number of hydrogen-bond donors (Lipinski definition) is 1. The van der Waals surface area contributed by atoms with E-state index in [0.29, 0.717) is 19.2 Å². The maximum Gasteiger partial charge on any atom is 0.319 e. The van der Waals surface area contributed by atoms with Gasteiger partial charge >= 0.3 is 5.97 Å². The Labute approximate surface area is 121 Å². The molecule has 0 aliphatic carbocycles. The van der Waals surface area contributed by atoms with E-state index in [1.807, 2.05) is 6.92 Å². The van der Waals surface area contributed by atoms with Gasteiger partial charge in [-0.2, -0.15) is 0 Å². The van der Waals surface area contributed by atoms with E-state index in [2.05, 4.69) is 40.5 Å². The maximum atomic E-state index is 11.3. The summed E-state index contributed by atoms with van der Waals surface area (Å²) in [4.78, 5) is 13.7. The molecule has 4 heteroatoms. The van der Waals surface area contributed by atoms with Gasteiger partial charge in [-0.05, 0) is 31.9 Å². The number of rotatable bonds is 7. The third-order valence-electron chi connectivity index (χ3n) is 3.67. The second-order valence-corrected chi connectivity index (χ2v) is 5.21. The standard InChI is InChI=1S/C16H24N2O2/c1-2-20-16(19)12-17-15-9-11-18(13-15)10-8-14-6-4-3-5-7-14/h3-7,15,17H,2,8-13H2,1H3. The highest BCUT2D eigenvalue weighted by Crippen LogP contribution is 2.10. The van der Waals surface area contributed by atoms with Crippen molar-refractivity contribution in [3.05, 3.63) is 35.9 Å². The number of esters is 1. The molecule has 0 bridgehead atoms. The molecule has 1 unspecified atom stereocenters. The summed E-state index contributed by atoms with van der Waals surface area (Å²) in [6.07, 6.45) is 2.19. The van der Waals surface area contributed by atoms with Gasteiger partial charge in [0.1, 0.15) is 0 Å². The molecule has 1 aliphatic rings. The number of likely N-dealkylation sites (tertiary alicyclic amines) is 1. The number of nitrogens with one attached hydrogen (secondary N) is 1. The van der Waals surface area contributed by atoms with E-state index in [1.165, 1.54) is 5.56 Å². The minimum Gasteiger partial charge on any atom is -0.465 e. The molecular weight excluding hydrogens is 252 g/mol. The van der Waals surface area contributed by atoms with E-state index in [-0.39, 0.29) is 5.97 Å². The fourth-order valence-electron chi connectivity index (χ4n) is 2.57. The molecule has 1 aromatic carbocycles. The van der Waals surface area contributed by atoms with E-state index in [1.54, 1.807) is 0 Å². The van der Waals surface area contributed by atoms with Crippen molar-refractivity contribution in [2.45, 2.75) is 25.8 Å². The number of nitrogens with zero attached hydrogens (tertiary/aromatic N) is 1. The van der Waals surface area contributed by atoms with Crippen molar-refractivity contribution in [1.82, 2.24) is 10.2 Å². The summed E-state index contributed by atoms with van der Waals surface area (Å²) < 4.78 is 4.92. The van der Waals surface area contributed by atoms with Crippen LogP contribution in [-0.4, -0.2) is 49.7 Å². The summed E-state index contributed by atoms with van der Waals surface area (Å²) in [5.41, 5.74) is 1.38. The molecule has 0 aromatic heterocycles. The van der Waals surface area contributed by atoms with Crippen LogP contribution in [0.3, 0.4) is 0 Å². The summed E-state index contributed by atoms with van der Waals surface area (Å²) >= 11 is 0. The van der Waals surface area contributed by atoms with Crippen LogP contribution in [0.1, 0.15) is 18.9 Å². The van der Waals surface area contributed by atoms with E-state index < -0.39 is 0 Å². The Balaban J connectivity index is 1.64. The SMILES string of the molecule is CCOC(=O)CNC1CCN(CCc2ccccc2)C1. The van der Waals surface area contributed by atoms with Gasteiger partial charge in [-0.15, -0.1) is 0 Å². The van der Waals surface area contributed by atoms with Crippen LogP contribution in [0.25, 0.3) is 0 Å². The second-order valence-electron chi connectivity index (χ2n) is 5.21. The molecular formula is C16H24N2O2. The molecule has 0 radical (unpaired) electrons. The lowest BCUT2D eigenvalue weighted by Crippen LogP contribution is -2.37. The van der Waals surface area contributed by atoms with Crippen LogP contribution < -0.4 is 5.32 Å². The lowest BCUT2D eigenvalue weighted by atomic mass is 10.1. The van der Waals surface area contributed by atoms with E-state index in [0.717, 1.165) is 32.5 Å². The summed E-state index contributed by atoms with van der Waals surface area (Å²) in [6.45, 7) is 5.82. The van der Waals surface area contributed by atoms with Gasteiger partial charge in [-0.3, -0.25) is 4.79 Å². The Morgan fingerprint density at radius 3 is 2.95 bits per heavy atom. The molecule has 2 rings (SSSR count). The Kier molecular flexibility index (Phi) is 6.02. The molecule has 20 heavy (non-hydrogen) atoms. The highest BCUT2D eigenvalue weighted by atomic mass is 16.5. The van der Waals surface area contributed by atoms with Crippen LogP contribution in [0.15, 0.2) is 30.3 Å². The molecule has 110 valence electrons. The molecule has 1 aliphatic heterocycles. The van der Waals surface area contributed by atoms with Crippen LogP contribution in [0.2, 0.25) is 0 Å². The molecule has 1 saturated heterocycles. The predicted molar refractivity (Wildman–Crippen MR) is 79.6 cm³/mol. The Hall–Kier alpha value is -1.39. The lowest BCUT2D eigenvalue weighted by molar-refractivity contribution is -0.142. The van der Waals surface area contributed by atoms with Crippen molar-refractivity contribution in [2.75, 3.05) is 32.8 Å². The zero-order valence-electron chi connectivity index (χ0n) is 12.2. The van der Waals surface area contributed by atoms with Gasteiger partial charge in [0.25, 0.3) is 0 Å². The number of carbonyl (C=O) groups excluding carboxylic acids is 1. The monoisotopic (exact) mass is 276 g/mol. The Morgan fingerprint density at radius 1 is 1.40 bits per heavy atom. The summed E-state index contributed by atoms with van der Waals surface area (Å²) in [6, 6.07) is 11.0. The molecule has 0 spiro atoms. The zero-order valence-corrected chi connectivity index (χ0v) is 12.2. The molecule has 1 heterocycles. The van der Waals surface area contributed by atoms with Crippen LogP contribution in [-0.2, 0) is 16.0 Å². The molecule has 4 nitrogen and oxygen atoms in total. The summed E-state index contributed by atoms with van der Waals surface area (Å²) in [5.74, 6) is -0.157. The minimum absolute atomic E-state index is 0.157. The fourth-order valence-corrected chi connectivity index (χ4v) is 2.57. The third-order valence-corrected chi connectivity index (χ3v) is 3.67. The lowest BCUT2D eigenvalue weighted by Gasteiger charge is -2.16. The van der Waals surface area contributed by atoms with Crippen LogP contribution in [0.4, 0.5) is 0 Å². The van der Waals surface area contributed by atoms with Gasteiger partial charge in [0.15, 0.2) is 0 Å². The molecule has 1 atom stereocenters. The van der Waals surface area contributed by atoms with Crippen molar-refractivity contribution in [1.29, 1.82) is 0 Å². The van der Waals surface area contributed by atoms with Gasteiger partial charge < -0.3 is 15.0 Å². The van der Waals surface area contributed by atoms with Gasteiger partial charge in [0, 0.05) is 19.1 Å². The largest absolute Gasteiger partial charge is 0.465 e. The predicted octanol–water partition coefficient (Wildman–Crippen LogP) is 1.46. The van der Waals surface area contributed by atoms with Crippen molar-refractivity contribution in [2.24, 2.45) is 0 Å². The first-order chi connectivity index (χ1) is 9.78. The van der Waals surface area contributed by atoms with Crippen molar-refractivity contribution >= 4 is 5.97 Å². The zero-order chi connectivity index (χ0) is 14.2. The number of benzene rings is 1. The number of ether oxygens (including phenoxy) is 1. The van der Waals surface area contributed by atoms with E-state index in [9.17, 15) is 4.79 Å². The van der Waals surface area contributed by atoms with Crippen molar-refractivity contribution < 1.29 is 9.53 Å². The van der Waals surface area contributed by atoms with Crippen LogP contribution in [0.5, 0.6) is 0 Å². The van der Waals surface area contributed by atoms with Crippen LogP contribution in [0, 0.1) is 0 Å². The Morgan fingerprint density at radius 2 is 2.20 bits per heavy atom. The van der Waals surface area contributed by atoms with Gasteiger partial charge in [0.05, 0.1) is 13.2 Å². The first kappa shape index (κ1) is 15.0. The fraction of sp³-hybridized carbons (Fsp3) is 0.562. The molecule has 0 saturated carbocycles. The molecule has 0 amide bonds. The highest BCUT2D eigenvalue weighted by Gasteiger charge is 2.22. The Bertz CT molecular complexity index is 408. The van der Waals surface area contributed by atoms with Gasteiger partial charge in [0.2, 0.25) is 0 Å². The molecule has 1 N–H and O–H groups in total. The number of hydrogen-bond acceptors (Lipinski definition) is 4. The van der Waals surface area contributed by atoms with Crippen LogP contribution >= 0.6 is 0 Å². The first-order valence-corrected chi connectivity index (χ1v) is 7.43. The first-order valence-electron chi connectivity index (χ1n) is 7.43. The maximum absolute atomic E-state index is 11.3. The summed E-state index contributed by atoms with van der Waals surface area (Å²) in [5, 5.41) is 3.28. The normalized spacial score (nSPS) is 19.1. The average molecular weight is 276 g/mol. The topological polar surface area (TPSA) is 41.6 Å². The van der Waals surface area contributed by atoms with Crippen molar-refractivity contribution in [3.63, 3.8) is 0 Å². The summed E-state index contributed by atoms with van der Waals surface area (Å²) in [7, 11) is 0. The number of carbonyl (C=O) groups is 1. The van der Waals surface area contributed by atoms with Gasteiger partial charge in [-0.25, -0.2) is 0 Å². The highest BCUT2D eigenvalue weighted by molar-refractivity contribution is 5.71.